The number of aromatic nitrogens is 4. The van der Waals surface area contributed by atoms with Gasteiger partial charge in [-0.15, -0.1) is 0 Å². The molecule has 0 amide bonds. The van der Waals surface area contributed by atoms with Crippen molar-refractivity contribution in [3.05, 3.63) is 59.6 Å². The van der Waals surface area contributed by atoms with E-state index in [0.29, 0.717) is 17.5 Å². The standard InChI is InChI=1S/C18H18FN5.2H2/c1-11(2)8-21-18-22-9-14-13(3-4-16(14)23-18)12-7-15(19)17-20-5-6-24(17)10-12;;/h3,5-7,9-11H,4,8H2,1-2H3,(H,21,22,23);2*1H. The molecule has 0 aromatic carbocycles. The zero-order valence-electron chi connectivity index (χ0n) is 13.6. The minimum absolute atomic E-state index is 0. The normalized spacial score (nSPS) is 13.4. The molecule has 0 atom stereocenters. The Labute approximate surface area is 142 Å². The molecule has 3 aromatic rings. The Morgan fingerprint density at radius 3 is 3.08 bits per heavy atom. The number of pyridine rings is 1. The molecule has 0 aliphatic heterocycles. The molecule has 0 unspecified atom stereocenters. The van der Waals surface area contributed by atoms with E-state index < -0.39 is 0 Å². The first kappa shape index (κ1) is 14.8. The van der Waals surface area contributed by atoms with E-state index in [1.54, 1.807) is 16.8 Å². The van der Waals surface area contributed by atoms with Crippen LogP contribution in [0.4, 0.5) is 10.3 Å². The van der Waals surface area contributed by atoms with E-state index >= 15 is 0 Å². The van der Waals surface area contributed by atoms with E-state index in [1.807, 2.05) is 12.4 Å². The number of imidazole rings is 1. The molecule has 5 nitrogen and oxygen atoms in total. The number of allylic oxidation sites excluding steroid dienone is 1. The number of fused-ring (bicyclic) bond motifs is 2. The minimum Gasteiger partial charge on any atom is -0.354 e. The van der Waals surface area contributed by atoms with Gasteiger partial charge in [-0.3, -0.25) is 0 Å². The van der Waals surface area contributed by atoms with E-state index in [9.17, 15) is 4.39 Å². The van der Waals surface area contributed by atoms with Crippen molar-refractivity contribution >= 4 is 17.2 Å². The summed E-state index contributed by atoms with van der Waals surface area (Å²) in [5, 5.41) is 3.24. The molecule has 0 radical (unpaired) electrons. The van der Waals surface area contributed by atoms with Gasteiger partial charge in [-0.25, -0.2) is 19.3 Å². The molecule has 24 heavy (non-hydrogen) atoms. The van der Waals surface area contributed by atoms with E-state index in [4.69, 9.17) is 0 Å². The molecule has 0 fully saturated rings. The third-order valence-electron chi connectivity index (χ3n) is 4.08. The SMILES string of the molecule is CC(C)CNc1ncc2c(n1)CC=C2c1cc(F)c2nccn2c1.[HH].[HH]. The predicted molar refractivity (Wildman–Crippen MR) is 95.5 cm³/mol. The highest BCUT2D eigenvalue weighted by molar-refractivity contribution is 5.84. The molecule has 1 aliphatic carbocycles. The fourth-order valence-corrected chi connectivity index (χ4v) is 2.90. The first-order valence-corrected chi connectivity index (χ1v) is 8.04. The highest BCUT2D eigenvalue weighted by Crippen LogP contribution is 2.32. The van der Waals surface area contributed by atoms with E-state index in [2.05, 4.69) is 40.2 Å². The number of halogens is 1. The van der Waals surface area contributed by atoms with Crippen LogP contribution in [0.1, 0.15) is 33.5 Å². The molecule has 0 spiro atoms. The molecular weight excluding hydrogens is 305 g/mol. The Bertz CT molecular complexity index is 952. The number of nitrogens with zero attached hydrogens (tertiary/aromatic N) is 4. The largest absolute Gasteiger partial charge is 0.354 e. The van der Waals surface area contributed by atoms with E-state index in [1.165, 1.54) is 6.07 Å². The summed E-state index contributed by atoms with van der Waals surface area (Å²) in [6.07, 6.45) is 9.84. The first-order valence-electron chi connectivity index (χ1n) is 8.04. The number of hydrogen-bond donors (Lipinski definition) is 1. The quantitative estimate of drug-likeness (QED) is 0.791. The Kier molecular flexibility index (Phi) is 3.52. The molecule has 6 heteroatoms. The summed E-state index contributed by atoms with van der Waals surface area (Å²) < 4.78 is 15.9. The van der Waals surface area contributed by atoms with E-state index in [-0.39, 0.29) is 8.67 Å². The molecule has 0 saturated heterocycles. The van der Waals surface area contributed by atoms with Crippen LogP contribution in [0.5, 0.6) is 0 Å². The van der Waals surface area contributed by atoms with Crippen LogP contribution in [0.25, 0.3) is 11.2 Å². The Morgan fingerprint density at radius 1 is 1.38 bits per heavy atom. The number of rotatable bonds is 4. The molecule has 1 aliphatic rings. The third-order valence-corrected chi connectivity index (χ3v) is 4.08. The number of nitrogens with one attached hydrogen (secondary N) is 1. The van der Waals surface area contributed by atoms with Gasteiger partial charge in [-0.1, -0.05) is 19.9 Å². The summed E-state index contributed by atoms with van der Waals surface area (Å²) in [6, 6.07) is 1.52. The molecule has 126 valence electrons. The molecule has 4 rings (SSSR count). The second-order valence-electron chi connectivity index (χ2n) is 6.39. The monoisotopic (exact) mass is 327 g/mol. The van der Waals surface area contributed by atoms with Gasteiger partial charge in [0.25, 0.3) is 0 Å². The molecule has 0 bridgehead atoms. The van der Waals surface area contributed by atoms with Crippen molar-refractivity contribution in [1.29, 1.82) is 0 Å². The van der Waals surface area contributed by atoms with Gasteiger partial charge in [0.1, 0.15) is 0 Å². The summed E-state index contributed by atoms with van der Waals surface area (Å²) in [5.41, 5.74) is 4.04. The zero-order valence-corrected chi connectivity index (χ0v) is 13.6. The van der Waals surface area contributed by atoms with Crippen molar-refractivity contribution in [2.24, 2.45) is 5.92 Å². The van der Waals surface area contributed by atoms with Gasteiger partial charge in [0.15, 0.2) is 11.5 Å². The van der Waals surface area contributed by atoms with Crippen LogP contribution in [0.15, 0.2) is 36.9 Å². The topological polar surface area (TPSA) is 55.1 Å². The Balaban J connectivity index is 0.00000121. The van der Waals surface area contributed by atoms with Gasteiger partial charge in [0.2, 0.25) is 5.95 Å². The van der Waals surface area contributed by atoms with Crippen LogP contribution >= 0.6 is 0 Å². The zero-order chi connectivity index (χ0) is 16.7. The smallest absolute Gasteiger partial charge is 0.222 e. The molecule has 0 saturated carbocycles. The minimum atomic E-state index is -0.331. The molecule has 1 N–H and O–H groups in total. The van der Waals surface area contributed by atoms with Crippen molar-refractivity contribution < 1.29 is 7.24 Å². The van der Waals surface area contributed by atoms with Crippen molar-refractivity contribution in [2.75, 3.05) is 11.9 Å². The summed E-state index contributed by atoms with van der Waals surface area (Å²) in [7, 11) is 0. The lowest BCUT2D eigenvalue weighted by Crippen LogP contribution is -2.11. The average Bonchev–Trinajstić information content (AvgIpc) is 3.19. The van der Waals surface area contributed by atoms with Crippen molar-refractivity contribution in [3.8, 4) is 0 Å². The summed E-state index contributed by atoms with van der Waals surface area (Å²) in [6.45, 7) is 5.11. The summed E-state index contributed by atoms with van der Waals surface area (Å²) in [4.78, 5) is 13.0. The van der Waals surface area contributed by atoms with Crippen LogP contribution in [0.3, 0.4) is 0 Å². The van der Waals surface area contributed by atoms with Crippen molar-refractivity contribution in [3.63, 3.8) is 0 Å². The average molecular weight is 327 g/mol. The lowest BCUT2D eigenvalue weighted by atomic mass is 10.0. The van der Waals surface area contributed by atoms with Crippen LogP contribution in [-0.4, -0.2) is 25.9 Å². The van der Waals surface area contributed by atoms with Gasteiger partial charge in [0, 0.05) is 51.7 Å². The molecular formula is C18H22FN5. The van der Waals surface area contributed by atoms with Crippen molar-refractivity contribution in [1.82, 2.24) is 19.4 Å². The maximum atomic E-state index is 14.2. The maximum Gasteiger partial charge on any atom is 0.222 e. The second-order valence-corrected chi connectivity index (χ2v) is 6.39. The van der Waals surface area contributed by atoms with Crippen LogP contribution in [0.2, 0.25) is 0 Å². The fraction of sp³-hybridized carbons (Fsp3) is 0.278. The van der Waals surface area contributed by atoms with Gasteiger partial charge in [-0.2, -0.15) is 0 Å². The Morgan fingerprint density at radius 2 is 2.25 bits per heavy atom. The van der Waals surface area contributed by atoms with Crippen LogP contribution < -0.4 is 5.32 Å². The highest BCUT2D eigenvalue weighted by Gasteiger charge is 2.20. The van der Waals surface area contributed by atoms with Gasteiger partial charge in [-0.05, 0) is 17.6 Å². The lowest BCUT2D eigenvalue weighted by Gasteiger charge is -2.10. The van der Waals surface area contributed by atoms with Crippen LogP contribution in [0, 0.1) is 11.7 Å². The van der Waals surface area contributed by atoms with Gasteiger partial charge in [0.05, 0.1) is 5.69 Å². The predicted octanol–water partition coefficient (Wildman–Crippen LogP) is 3.81. The fourth-order valence-electron chi connectivity index (χ4n) is 2.90. The van der Waals surface area contributed by atoms with Crippen LogP contribution in [-0.2, 0) is 6.42 Å². The first-order chi connectivity index (χ1) is 11.6. The maximum absolute atomic E-state index is 14.2. The third kappa shape index (κ3) is 2.54. The Hall–Kier alpha value is -2.76. The number of anilines is 1. The molecule has 3 heterocycles. The second kappa shape index (κ2) is 5.70. The van der Waals surface area contributed by atoms with Crippen molar-refractivity contribution in [2.45, 2.75) is 20.3 Å². The van der Waals surface area contributed by atoms with Gasteiger partial charge >= 0.3 is 0 Å². The lowest BCUT2D eigenvalue weighted by molar-refractivity contribution is 0.629. The van der Waals surface area contributed by atoms with Gasteiger partial charge < -0.3 is 9.72 Å². The number of hydrogen-bond acceptors (Lipinski definition) is 4. The van der Waals surface area contributed by atoms with E-state index in [0.717, 1.165) is 35.4 Å². The summed E-state index contributed by atoms with van der Waals surface area (Å²) >= 11 is 0. The highest BCUT2D eigenvalue weighted by atomic mass is 19.1. The summed E-state index contributed by atoms with van der Waals surface area (Å²) in [5.74, 6) is 0.844. The molecule has 3 aromatic heterocycles.